The minimum atomic E-state index is -1.02. The standard InChI is InChI=1S/C28H40O4/c1-25(2)12-7-13-26(3)21-11-10-20-16-27(21,23(29)15-22(25)26)17-28(20,31)18-32-24(30)14-19-8-5-4-6-9-19/h4-6,8-9,20-23,29,31H,7,10-18H2,1-3H3/t20-,21-,22+,23+,26-,27+,28-/m1/s1. The molecule has 4 heteroatoms. The smallest absolute Gasteiger partial charge is 0.310 e. The minimum absolute atomic E-state index is 0.0517. The maximum absolute atomic E-state index is 12.5. The molecular weight excluding hydrogens is 400 g/mol. The van der Waals surface area contributed by atoms with Crippen molar-refractivity contribution in [3.63, 3.8) is 0 Å². The van der Waals surface area contributed by atoms with Crippen molar-refractivity contribution in [3.8, 4) is 0 Å². The van der Waals surface area contributed by atoms with Gasteiger partial charge in [-0.05, 0) is 79.1 Å². The van der Waals surface area contributed by atoms with Gasteiger partial charge < -0.3 is 14.9 Å². The van der Waals surface area contributed by atoms with E-state index in [1.54, 1.807) is 0 Å². The second-order valence-electron chi connectivity index (χ2n) is 12.5. The molecule has 0 unspecified atom stereocenters. The molecule has 5 rings (SSSR count). The molecule has 4 saturated carbocycles. The molecule has 1 spiro atoms. The van der Waals surface area contributed by atoms with Gasteiger partial charge in [-0.1, -0.05) is 57.5 Å². The van der Waals surface area contributed by atoms with Crippen LogP contribution in [-0.4, -0.2) is 34.5 Å². The zero-order chi connectivity index (χ0) is 22.8. The molecule has 1 aromatic rings. The number of aliphatic hydroxyl groups is 2. The lowest BCUT2D eigenvalue weighted by Gasteiger charge is -2.65. The van der Waals surface area contributed by atoms with Gasteiger partial charge in [-0.25, -0.2) is 0 Å². The van der Waals surface area contributed by atoms with Gasteiger partial charge in [0.05, 0.1) is 12.5 Å². The molecule has 4 nitrogen and oxygen atoms in total. The molecule has 4 aliphatic rings. The monoisotopic (exact) mass is 440 g/mol. The van der Waals surface area contributed by atoms with Crippen LogP contribution in [-0.2, 0) is 16.0 Å². The van der Waals surface area contributed by atoms with Crippen LogP contribution in [0.3, 0.4) is 0 Å². The summed E-state index contributed by atoms with van der Waals surface area (Å²) in [5, 5.41) is 23.3. The summed E-state index contributed by atoms with van der Waals surface area (Å²) in [5.74, 6) is 0.789. The number of carbonyl (C=O) groups is 1. The molecule has 176 valence electrons. The van der Waals surface area contributed by atoms with Crippen LogP contribution in [0.25, 0.3) is 0 Å². The molecule has 32 heavy (non-hydrogen) atoms. The predicted octanol–water partition coefficient (Wildman–Crippen LogP) is 4.91. The number of fused-ring (bicyclic) bond motifs is 3. The maximum atomic E-state index is 12.5. The minimum Gasteiger partial charge on any atom is -0.462 e. The van der Waals surface area contributed by atoms with Crippen molar-refractivity contribution in [2.24, 2.45) is 34.0 Å². The zero-order valence-corrected chi connectivity index (χ0v) is 20.0. The van der Waals surface area contributed by atoms with Gasteiger partial charge in [-0.15, -0.1) is 0 Å². The van der Waals surface area contributed by atoms with Gasteiger partial charge in [-0.3, -0.25) is 4.79 Å². The fourth-order valence-corrected chi connectivity index (χ4v) is 9.02. The molecule has 7 atom stereocenters. The van der Waals surface area contributed by atoms with Crippen LogP contribution < -0.4 is 0 Å². The number of esters is 1. The molecule has 0 aromatic heterocycles. The first kappa shape index (κ1) is 22.4. The number of hydrogen-bond acceptors (Lipinski definition) is 4. The molecule has 0 heterocycles. The Morgan fingerprint density at radius 1 is 1.09 bits per heavy atom. The van der Waals surface area contributed by atoms with Gasteiger partial charge in [-0.2, -0.15) is 0 Å². The first-order valence-electron chi connectivity index (χ1n) is 12.7. The number of hydrogen-bond donors (Lipinski definition) is 2. The van der Waals surface area contributed by atoms with Crippen molar-refractivity contribution >= 4 is 5.97 Å². The van der Waals surface area contributed by atoms with E-state index in [1.165, 1.54) is 19.3 Å². The zero-order valence-electron chi connectivity index (χ0n) is 20.0. The molecular formula is C28H40O4. The Morgan fingerprint density at radius 3 is 2.59 bits per heavy atom. The summed E-state index contributed by atoms with van der Waals surface area (Å²) in [4.78, 5) is 12.5. The average molecular weight is 441 g/mol. The van der Waals surface area contributed by atoms with Gasteiger partial charge in [0.15, 0.2) is 0 Å². The lowest BCUT2D eigenvalue weighted by atomic mass is 9.40. The topological polar surface area (TPSA) is 66.8 Å². The Bertz CT molecular complexity index is 865. The Kier molecular flexibility index (Phi) is 5.30. The van der Waals surface area contributed by atoms with Crippen LogP contribution in [0.1, 0.15) is 77.7 Å². The normalized spacial score (nSPS) is 44.4. The highest BCUT2D eigenvalue weighted by Gasteiger charge is 2.70. The molecule has 4 fully saturated rings. The van der Waals surface area contributed by atoms with E-state index in [-0.39, 0.29) is 47.3 Å². The quantitative estimate of drug-likeness (QED) is 0.653. The lowest BCUT2D eigenvalue weighted by molar-refractivity contribution is -0.198. The van der Waals surface area contributed by atoms with Crippen LogP contribution >= 0.6 is 0 Å². The summed E-state index contributed by atoms with van der Waals surface area (Å²) < 4.78 is 5.65. The van der Waals surface area contributed by atoms with E-state index in [0.717, 1.165) is 31.2 Å². The van der Waals surface area contributed by atoms with Gasteiger partial charge >= 0.3 is 5.97 Å². The highest BCUT2D eigenvalue weighted by molar-refractivity contribution is 5.72. The van der Waals surface area contributed by atoms with Gasteiger partial charge in [0.1, 0.15) is 12.2 Å². The van der Waals surface area contributed by atoms with Crippen LogP contribution in [0.5, 0.6) is 0 Å². The van der Waals surface area contributed by atoms with Crippen molar-refractivity contribution in [2.75, 3.05) is 6.61 Å². The van der Waals surface area contributed by atoms with Crippen molar-refractivity contribution in [3.05, 3.63) is 35.9 Å². The van der Waals surface area contributed by atoms with Gasteiger partial charge in [0, 0.05) is 5.41 Å². The number of rotatable bonds is 4. The molecule has 0 saturated heterocycles. The summed E-state index contributed by atoms with van der Waals surface area (Å²) in [6.45, 7) is 7.32. The van der Waals surface area contributed by atoms with E-state index in [2.05, 4.69) is 20.8 Å². The van der Waals surface area contributed by atoms with E-state index in [4.69, 9.17) is 4.74 Å². The predicted molar refractivity (Wildman–Crippen MR) is 124 cm³/mol. The molecule has 0 radical (unpaired) electrons. The highest BCUT2D eigenvalue weighted by atomic mass is 16.5. The molecule has 2 N–H and O–H groups in total. The summed E-state index contributed by atoms with van der Waals surface area (Å²) in [6, 6.07) is 9.60. The number of benzene rings is 1. The first-order valence-corrected chi connectivity index (χ1v) is 12.7. The van der Waals surface area contributed by atoms with Crippen molar-refractivity contribution in [1.29, 1.82) is 0 Å². The van der Waals surface area contributed by atoms with Crippen molar-refractivity contribution in [2.45, 2.75) is 90.3 Å². The Morgan fingerprint density at radius 2 is 1.84 bits per heavy atom. The van der Waals surface area contributed by atoms with E-state index in [9.17, 15) is 15.0 Å². The fourth-order valence-electron chi connectivity index (χ4n) is 9.02. The SMILES string of the molecule is CC1(C)CCC[C@]2(C)[C@H]3CC[C@@H]4C[C@@]3(C[C@@]4(O)COC(=O)Cc3ccccc3)[C@@H](O)C[C@@H]12. The van der Waals surface area contributed by atoms with E-state index >= 15 is 0 Å². The second-order valence-corrected chi connectivity index (χ2v) is 12.5. The average Bonchev–Trinajstić information content (AvgIpc) is 2.96. The second kappa shape index (κ2) is 7.56. The molecule has 0 amide bonds. The van der Waals surface area contributed by atoms with Crippen LogP contribution in [0.15, 0.2) is 30.3 Å². The number of carbonyl (C=O) groups excluding carboxylic acids is 1. The van der Waals surface area contributed by atoms with Crippen LogP contribution in [0.4, 0.5) is 0 Å². The van der Waals surface area contributed by atoms with Crippen LogP contribution in [0, 0.1) is 34.0 Å². The summed E-state index contributed by atoms with van der Waals surface area (Å²) in [6.07, 6.45) is 7.90. The van der Waals surface area contributed by atoms with E-state index in [0.29, 0.717) is 18.3 Å². The third-order valence-electron chi connectivity index (χ3n) is 10.4. The number of aliphatic hydroxyl groups excluding tert-OH is 1. The third-order valence-corrected chi connectivity index (χ3v) is 10.4. The molecule has 1 aromatic carbocycles. The van der Waals surface area contributed by atoms with Crippen molar-refractivity contribution in [1.82, 2.24) is 0 Å². The van der Waals surface area contributed by atoms with Gasteiger partial charge in [0.25, 0.3) is 0 Å². The lowest BCUT2D eigenvalue weighted by Crippen LogP contribution is -2.61. The Labute approximate surface area is 192 Å². The third kappa shape index (κ3) is 3.36. The van der Waals surface area contributed by atoms with E-state index < -0.39 is 5.60 Å². The molecule has 4 aliphatic carbocycles. The van der Waals surface area contributed by atoms with E-state index in [1.807, 2.05) is 30.3 Å². The first-order chi connectivity index (χ1) is 15.1. The summed E-state index contributed by atoms with van der Waals surface area (Å²) in [5.41, 5.74) is 0.155. The molecule has 0 aliphatic heterocycles. The van der Waals surface area contributed by atoms with Crippen LogP contribution in [0.2, 0.25) is 0 Å². The highest BCUT2D eigenvalue weighted by Crippen LogP contribution is 2.72. The van der Waals surface area contributed by atoms with Crippen molar-refractivity contribution < 1.29 is 19.7 Å². The summed E-state index contributed by atoms with van der Waals surface area (Å²) >= 11 is 0. The Balaban J connectivity index is 1.34. The Hall–Kier alpha value is -1.39. The van der Waals surface area contributed by atoms with Gasteiger partial charge in [0.2, 0.25) is 0 Å². The molecule has 2 bridgehead atoms. The summed E-state index contributed by atoms with van der Waals surface area (Å²) in [7, 11) is 0. The fraction of sp³-hybridized carbons (Fsp3) is 0.750. The number of ether oxygens (including phenoxy) is 1. The largest absolute Gasteiger partial charge is 0.462 e. The maximum Gasteiger partial charge on any atom is 0.310 e.